The highest BCUT2D eigenvalue weighted by Crippen LogP contribution is 2.15. The van der Waals surface area contributed by atoms with Crippen LogP contribution in [0.15, 0.2) is 54.6 Å². The molecule has 0 atom stereocenters. The molecule has 1 N–H and O–H groups in total. The van der Waals surface area contributed by atoms with Crippen LogP contribution in [0.1, 0.15) is 28.8 Å². The highest BCUT2D eigenvalue weighted by molar-refractivity contribution is 5.94. The van der Waals surface area contributed by atoms with Crippen molar-refractivity contribution in [3.63, 3.8) is 0 Å². The number of rotatable bonds is 8. The van der Waals surface area contributed by atoms with Crippen LogP contribution in [-0.2, 0) is 16.1 Å². The van der Waals surface area contributed by atoms with Gasteiger partial charge in [-0.1, -0.05) is 36.4 Å². The lowest BCUT2D eigenvalue weighted by atomic mass is 10.2. The number of esters is 1. The highest BCUT2D eigenvalue weighted by atomic mass is 16.5. The molecule has 0 saturated carbocycles. The molecule has 0 spiro atoms. The first-order valence-electron chi connectivity index (χ1n) is 7.81. The maximum absolute atomic E-state index is 12.1. The molecular weight excluding hydrogens is 306 g/mol. The van der Waals surface area contributed by atoms with Crippen LogP contribution >= 0.6 is 0 Å². The van der Waals surface area contributed by atoms with E-state index in [-0.39, 0.29) is 18.3 Å². The summed E-state index contributed by atoms with van der Waals surface area (Å²) in [7, 11) is 1.35. The van der Waals surface area contributed by atoms with Gasteiger partial charge in [0.15, 0.2) is 0 Å². The minimum atomic E-state index is -0.277. The van der Waals surface area contributed by atoms with Gasteiger partial charge in [-0.25, -0.2) is 0 Å². The number of hydrogen-bond donors (Lipinski definition) is 1. The van der Waals surface area contributed by atoms with Crippen molar-refractivity contribution in [2.45, 2.75) is 19.4 Å². The van der Waals surface area contributed by atoms with Crippen LogP contribution in [0.3, 0.4) is 0 Å². The quantitative estimate of drug-likeness (QED) is 0.598. The molecule has 2 rings (SSSR count). The average Bonchev–Trinajstić information content (AvgIpc) is 2.64. The van der Waals surface area contributed by atoms with E-state index in [0.29, 0.717) is 30.9 Å². The van der Waals surface area contributed by atoms with Crippen molar-refractivity contribution in [3.05, 3.63) is 65.7 Å². The molecule has 0 bridgehead atoms. The Bertz CT molecular complexity index is 670. The summed E-state index contributed by atoms with van der Waals surface area (Å²) in [5.41, 5.74) is 1.59. The minimum absolute atomic E-state index is 0.190. The van der Waals surface area contributed by atoms with Gasteiger partial charge in [0.2, 0.25) is 0 Å². The molecule has 5 nitrogen and oxygen atoms in total. The fourth-order valence-corrected chi connectivity index (χ4v) is 2.11. The first-order chi connectivity index (χ1) is 11.7. The van der Waals surface area contributed by atoms with Crippen molar-refractivity contribution in [1.29, 1.82) is 0 Å². The number of ether oxygens (including phenoxy) is 2. The lowest BCUT2D eigenvalue weighted by Gasteiger charge is -2.09. The second kappa shape index (κ2) is 9.35. The van der Waals surface area contributed by atoms with Gasteiger partial charge in [0.1, 0.15) is 12.4 Å². The monoisotopic (exact) mass is 327 g/mol. The van der Waals surface area contributed by atoms with Gasteiger partial charge in [0.25, 0.3) is 5.91 Å². The van der Waals surface area contributed by atoms with Crippen molar-refractivity contribution < 1.29 is 19.1 Å². The van der Waals surface area contributed by atoms with Gasteiger partial charge in [0, 0.05) is 18.5 Å². The lowest BCUT2D eigenvalue weighted by Crippen LogP contribution is -2.25. The maximum Gasteiger partial charge on any atom is 0.305 e. The summed E-state index contributed by atoms with van der Waals surface area (Å²) >= 11 is 0. The smallest absolute Gasteiger partial charge is 0.305 e. The van der Waals surface area contributed by atoms with Gasteiger partial charge in [-0.3, -0.25) is 9.59 Å². The van der Waals surface area contributed by atoms with Gasteiger partial charge in [-0.2, -0.15) is 0 Å². The van der Waals surface area contributed by atoms with Crippen molar-refractivity contribution in [2.24, 2.45) is 0 Å². The number of carbonyl (C=O) groups excluding carboxylic acids is 2. The zero-order valence-corrected chi connectivity index (χ0v) is 13.7. The molecule has 2 aromatic carbocycles. The zero-order valence-electron chi connectivity index (χ0n) is 13.7. The first kappa shape index (κ1) is 17.5. The number of nitrogens with one attached hydrogen (secondary N) is 1. The molecule has 0 aliphatic heterocycles. The van der Waals surface area contributed by atoms with Crippen LogP contribution in [0.4, 0.5) is 0 Å². The summed E-state index contributed by atoms with van der Waals surface area (Å²) in [4.78, 5) is 23.1. The summed E-state index contributed by atoms with van der Waals surface area (Å²) in [6, 6.07) is 16.9. The Hall–Kier alpha value is -2.82. The minimum Gasteiger partial charge on any atom is -0.489 e. The molecule has 0 saturated heterocycles. The fraction of sp³-hybridized carbons (Fsp3) is 0.263. The van der Waals surface area contributed by atoms with Crippen molar-refractivity contribution >= 4 is 11.9 Å². The predicted molar refractivity (Wildman–Crippen MR) is 90.8 cm³/mol. The van der Waals surface area contributed by atoms with E-state index < -0.39 is 0 Å². The molecule has 0 radical (unpaired) electrons. The SMILES string of the molecule is COC(=O)CCCNC(=O)c1cccc(OCc2ccccc2)c1. The molecule has 0 unspecified atom stereocenters. The number of benzene rings is 2. The molecule has 24 heavy (non-hydrogen) atoms. The number of carbonyl (C=O) groups is 2. The van der Waals surface area contributed by atoms with E-state index in [1.54, 1.807) is 18.2 Å². The van der Waals surface area contributed by atoms with E-state index in [0.717, 1.165) is 5.56 Å². The van der Waals surface area contributed by atoms with Gasteiger partial charge >= 0.3 is 5.97 Å². The summed E-state index contributed by atoms with van der Waals surface area (Å²) < 4.78 is 10.3. The highest BCUT2D eigenvalue weighted by Gasteiger charge is 2.07. The standard InChI is InChI=1S/C19H21NO4/c1-23-18(21)11-6-12-20-19(22)16-9-5-10-17(13-16)24-14-15-7-3-2-4-8-15/h2-5,7-10,13H,6,11-12,14H2,1H3,(H,20,22). The Balaban J connectivity index is 1.83. The molecule has 0 aliphatic rings. The molecule has 5 heteroatoms. The van der Waals surface area contributed by atoms with Crippen LogP contribution in [0.5, 0.6) is 5.75 Å². The van der Waals surface area contributed by atoms with Gasteiger partial charge < -0.3 is 14.8 Å². The number of methoxy groups -OCH3 is 1. The number of hydrogen-bond acceptors (Lipinski definition) is 4. The average molecular weight is 327 g/mol. The first-order valence-corrected chi connectivity index (χ1v) is 7.81. The van der Waals surface area contributed by atoms with Crippen LogP contribution in [-0.4, -0.2) is 25.5 Å². The summed E-state index contributed by atoms with van der Waals surface area (Å²) in [5.74, 6) is 0.173. The van der Waals surface area contributed by atoms with Crippen LogP contribution < -0.4 is 10.1 Å². The normalized spacial score (nSPS) is 10.0. The maximum atomic E-state index is 12.1. The Morgan fingerprint density at radius 1 is 1.04 bits per heavy atom. The fourth-order valence-electron chi connectivity index (χ4n) is 2.11. The van der Waals surface area contributed by atoms with E-state index in [9.17, 15) is 9.59 Å². The van der Waals surface area contributed by atoms with Crippen LogP contribution in [0, 0.1) is 0 Å². The molecule has 0 heterocycles. The van der Waals surface area contributed by atoms with Gasteiger partial charge in [0.05, 0.1) is 7.11 Å². The van der Waals surface area contributed by atoms with E-state index in [4.69, 9.17) is 4.74 Å². The molecule has 0 aromatic heterocycles. The molecule has 126 valence electrons. The van der Waals surface area contributed by atoms with Gasteiger partial charge in [-0.05, 0) is 30.2 Å². The van der Waals surface area contributed by atoms with Crippen molar-refractivity contribution in [3.8, 4) is 5.75 Å². The topological polar surface area (TPSA) is 64.6 Å². The third-order valence-corrected chi connectivity index (χ3v) is 3.42. The summed E-state index contributed by atoms with van der Waals surface area (Å²) in [6.45, 7) is 0.869. The van der Waals surface area contributed by atoms with E-state index >= 15 is 0 Å². The molecule has 0 aliphatic carbocycles. The van der Waals surface area contributed by atoms with E-state index in [2.05, 4.69) is 10.1 Å². The largest absolute Gasteiger partial charge is 0.489 e. The second-order valence-corrected chi connectivity index (χ2v) is 5.24. The van der Waals surface area contributed by atoms with Crippen molar-refractivity contribution in [1.82, 2.24) is 5.32 Å². The zero-order chi connectivity index (χ0) is 17.2. The van der Waals surface area contributed by atoms with Crippen LogP contribution in [0.2, 0.25) is 0 Å². The summed E-state index contributed by atoms with van der Waals surface area (Å²) in [6.07, 6.45) is 0.833. The third-order valence-electron chi connectivity index (χ3n) is 3.42. The van der Waals surface area contributed by atoms with E-state index in [1.807, 2.05) is 36.4 Å². The Morgan fingerprint density at radius 2 is 1.83 bits per heavy atom. The molecule has 0 fully saturated rings. The predicted octanol–water partition coefficient (Wildman–Crippen LogP) is 2.95. The Morgan fingerprint density at radius 3 is 2.58 bits per heavy atom. The lowest BCUT2D eigenvalue weighted by molar-refractivity contribution is -0.140. The second-order valence-electron chi connectivity index (χ2n) is 5.24. The molecule has 2 aromatic rings. The molecule has 1 amide bonds. The summed E-state index contributed by atoms with van der Waals surface area (Å²) in [5, 5.41) is 2.78. The van der Waals surface area contributed by atoms with E-state index in [1.165, 1.54) is 7.11 Å². The van der Waals surface area contributed by atoms with Crippen LogP contribution in [0.25, 0.3) is 0 Å². The Labute approximate surface area is 141 Å². The number of amides is 1. The van der Waals surface area contributed by atoms with Crippen molar-refractivity contribution in [2.75, 3.05) is 13.7 Å². The molecular formula is C19H21NO4. The Kier molecular flexibility index (Phi) is 6.83. The third kappa shape index (κ3) is 5.76. The van der Waals surface area contributed by atoms with Gasteiger partial charge in [-0.15, -0.1) is 0 Å².